The van der Waals surface area contributed by atoms with Crippen molar-refractivity contribution in [2.45, 2.75) is 59.0 Å². The first-order chi connectivity index (χ1) is 17.9. The van der Waals surface area contributed by atoms with E-state index in [2.05, 4.69) is 78.6 Å². The third kappa shape index (κ3) is 5.91. The fourth-order valence-electron chi connectivity index (χ4n) is 4.93. The molecular weight excluding hydrogens is 466 g/mol. The van der Waals surface area contributed by atoms with Crippen LogP contribution >= 0.6 is 0 Å². The van der Waals surface area contributed by atoms with Gasteiger partial charge in [-0.2, -0.15) is 5.10 Å². The van der Waals surface area contributed by atoms with Crippen molar-refractivity contribution in [3.8, 4) is 0 Å². The fraction of sp³-hybridized carbons (Fsp3) is 0.517. The van der Waals surface area contributed by atoms with E-state index < -0.39 is 5.41 Å². The van der Waals surface area contributed by atoms with E-state index in [-0.39, 0.29) is 18.1 Å². The number of nitrogens with one attached hydrogen (secondary N) is 1. The van der Waals surface area contributed by atoms with Crippen LogP contribution in [0.3, 0.4) is 0 Å². The molecule has 1 N–H and O–H groups in total. The summed E-state index contributed by atoms with van der Waals surface area (Å²) in [5.74, 6) is 0.906. The van der Waals surface area contributed by atoms with Gasteiger partial charge in [-0.1, -0.05) is 37.3 Å². The lowest BCUT2D eigenvalue weighted by Crippen LogP contribution is -2.47. The van der Waals surface area contributed by atoms with Gasteiger partial charge in [0.05, 0.1) is 43.5 Å². The molecule has 1 aromatic rings. The van der Waals surface area contributed by atoms with Crippen molar-refractivity contribution in [1.82, 2.24) is 25.1 Å². The monoisotopic (exact) mass is 507 g/mol. The maximum absolute atomic E-state index is 12.4. The summed E-state index contributed by atoms with van der Waals surface area (Å²) in [5.41, 5.74) is 6.18. The van der Waals surface area contributed by atoms with E-state index in [1.165, 1.54) is 7.11 Å². The smallest absolute Gasteiger partial charge is 0.313 e. The standard InChI is InChI=1S/C29H41N5O3/c1-6-8-9-11-24(10-7-2)25-20-23(4)34(30-25)27(32-16-18-37-19-17-32)21-22(3)33-15-12-26(31-33)29(13-14-29)28(35)36-5/h7-12,15,20-22,26,31H,6,13-14,16-19H2,1-5H3/b9-8+,10-7-,24-11+,27-21-. The number of hydrogen-bond acceptors (Lipinski definition) is 7. The molecular formula is C29H41N5O3. The van der Waals surface area contributed by atoms with Crippen LogP contribution in [0.15, 0.2) is 54.8 Å². The second-order valence-corrected chi connectivity index (χ2v) is 9.91. The molecule has 200 valence electrons. The zero-order valence-electron chi connectivity index (χ0n) is 22.8. The van der Waals surface area contributed by atoms with Crippen LogP contribution in [0, 0.1) is 12.3 Å². The zero-order valence-corrected chi connectivity index (χ0v) is 22.8. The van der Waals surface area contributed by atoms with Crippen molar-refractivity contribution in [2.75, 3.05) is 33.4 Å². The molecule has 8 nitrogen and oxygen atoms in total. The van der Waals surface area contributed by atoms with Crippen LogP contribution in [-0.2, 0) is 14.3 Å². The third-order valence-corrected chi connectivity index (χ3v) is 7.26. The fourth-order valence-corrected chi connectivity index (χ4v) is 4.93. The predicted molar refractivity (Wildman–Crippen MR) is 147 cm³/mol. The lowest BCUT2D eigenvalue weighted by molar-refractivity contribution is -0.148. The molecule has 2 atom stereocenters. The topological polar surface area (TPSA) is 71.9 Å². The third-order valence-electron chi connectivity index (χ3n) is 7.26. The Balaban J connectivity index is 1.61. The molecule has 1 saturated carbocycles. The van der Waals surface area contributed by atoms with Crippen LogP contribution in [0.4, 0.5) is 0 Å². The number of allylic oxidation sites excluding steroid dienone is 6. The van der Waals surface area contributed by atoms with Gasteiger partial charge < -0.3 is 19.4 Å². The summed E-state index contributed by atoms with van der Waals surface area (Å²) in [5, 5.41) is 7.13. The highest BCUT2D eigenvalue weighted by atomic mass is 16.5. The average molecular weight is 508 g/mol. The summed E-state index contributed by atoms with van der Waals surface area (Å²) >= 11 is 0. The Hall–Kier alpha value is -3.10. The molecule has 0 aromatic carbocycles. The molecule has 37 heavy (non-hydrogen) atoms. The first-order valence-corrected chi connectivity index (χ1v) is 13.4. The van der Waals surface area contributed by atoms with E-state index in [1.54, 1.807) is 0 Å². The number of aryl methyl sites for hydroxylation is 1. The maximum Gasteiger partial charge on any atom is 0.313 e. The van der Waals surface area contributed by atoms with Gasteiger partial charge >= 0.3 is 5.97 Å². The van der Waals surface area contributed by atoms with Gasteiger partial charge in [0.1, 0.15) is 5.82 Å². The van der Waals surface area contributed by atoms with Crippen molar-refractivity contribution in [1.29, 1.82) is 0 Å². The molecule has 1 aliphatic carbocycles. The van der Waals surface area contributed by atoms with Gasteiger partial charge in [0.2, 0.25) is 0 Å². The van der Waals surface area contributed by atoms with Gasteiger partial charge in [-0.15, -0.1) is 0 Å². The normalized spacial score (nSPS) is 22.9. The average Bonchev–Trinajstić information content (AvgIpc) is 3.40. The van der Waals surface area contributed by atoms with E-state index >= 15 is 0 Å². The van der Waals surface area contributed by atoms with Crippen LogP contribution in [0.1, 0.15) is 51.4 Å². The molecule has 2 fully saturated rings. The number of carbonyl (C=O) groups excluding carboxylic acids is 1. The number of morpholine rings is 1. The Morgan fingerprint density at radius 3 is 2.76 bits per heavy atom. The molecule has 2 unspecified atom stereocenters. The van der Waals surface area contributed by atoms with Crippen LogP contribution in [0.2, 0.25) is 0 Å². The summed E-state index contributed by atoms with van der Waals surface area (Å²) in [7, 11) is 1.47. The van der Waals surface area contributed by atoms with Crippen LogP contribution in [-0.4, -0.2) is 71.2 Å². The van der Waals surface area contributed by atoms with Gasteiger partial charge in [0.15, 0.2) is 0 Å². The number of ether oxygens (including phenoxy) is 2. The van der Waals surface area contributed by atoms with Crippen molar-refractivity contribution in [2.24, 2.45) is 5.41 Å². The molecule has 8 heteroatoms. The Morgan fingerprint density at radius 1 is 1.35 bits per heavy atom. The maximum atomic E-state index is 12.4. The van der Waals surface area contributed by atoms with Crippen molar-refractivity contribution in [3.63, 3.8) is 0 Å². The van der Waals surface area contributed by atoms with Crippen LogP contribution in [0.5, 0.6) is 0 Å². The molecule has 1 aromatic heterocycles. The Labute approximate surface area is 220 Å². The Morgan fingerprint density at radius 2 is 2.11 bits per heavy atom. The van der Waals surface area contributed by atoms with Crippen molar-refractivity contribution < 1.29 is 14.3 Å². The second-order valence-electron chi connectivity index (χ2n) is 9.91. The number of hydrazine groups is 1. The largest absolute Gasteiger partial charge is 0.469 e. The van der Waals surface area contributed by atoms with E-state index in [1.807, 2.05) is 23.9 Å². The molecule has 3 heterocycles. The number of aromatic nitrogens is 2. The number of methoxy groups -OCH3 is 1. The van der Waals surface area contributed by atoms with E-state index in [0.717, 1.165) is 55.1 Å². The molecule has 0 bridgehead atoms. The molecule has 0 spiro atoms. The highest BCUT2D eigenvalue weighted by Crippen LogP contribution is 2.51. The second kappa shape index (κ2) is 12.0. The van der Waals surface area contributed by atoms with Gasteiger partial charge in [-0.05, 0) is 58.3 Å². The molecule has 0 amide bonds. The SMILES string of the molecule is C\C=C/C(=C\C=C\CC)c1cc(C)n(/C(=C\C(C)N2C=CC(C3(C(=O)OC)CC3)N2)N2CCOCC2)n1. The van der Waals surface area contributed by atoms with Gasteiger partial charge in [-0.25, -0.2) is 10.1 Å². The number of esters is 1. The van der Waals surface area contributed by atoms with E-state index in [4.69, 9.17) is 14.6 Å². The van der Waals surface area contributed by atoms with Crippen LogP contribution < -0.4 is 5.43 Å². The first-order valence-electron chi connectivity index (χ1n) is 13.4. The molecule has 4 rings (SSSR count). The van der Waals surface area contributed by atoms with Gasteiger partial charge in [0, 0.05) is 30.6 Å². The Kier molecular flexibility index (Phi) is 8.71. The molecule has 2 aliphatic heterocycles. The number of nitrogens with zero attached hydrogens (tertiary/aromatic N) is 4. The van der Waals surface area contributed by atoms with Crippen LogP contribution in [0.25, 0.3) is 11.4 Å². The number of rotatable bonds is 10. The molecule has 0 radical (unpaired) electrons. The van der Waals surface area contributed by atoms with Crippen molar-refractivity contribution >= 4 is 17.4 Å². The summed E-state index contributed by atoms with van der Waals surface area (Å²) in [6, 6.07) is 2.12. The highest BCUT2D eigenvalue weighted by Gasteiger charge is 2.57. The summed E-state index contributed by atoms with van der Waals surface area (Å²) in [6.07, 6.45) is 19.6. The Bertz CT molecular complexity index is 1100. The minimum absolute atomic E-state index is 0.0256. The van der Waals surface area contributed by atoms with Gasteiger partial charge in [-0.3, -0.25) is 4.79 Å². The summed E-state index contributed by atoms with van der Waals surface area (Å²) in [6.45, 7) is 11.4. The lowest BCUT2D eigenvalue weighted by Gasteiger charge is -2.33. The minimum Gasteiger partial charge on any atom is -0.469 e. The summed E-state index contributed by atoms with van der Waals surface area (Å²) < 4.78 is 12.8. The minimum atomic E-state index is -0.439. The van der Waals surface area contributed by atoms with E-state index in [9.17, 15) is 4.79 Å². The number of hydrogen-bond donors (Lipinski definition) is 1. The van der Waals surface area contributed by atoms with Gasteiger partial charge in [0.25, 0.3) is 0 Å². The van der Waals surface area contributed by atoms with Crippen molar-refractivity contribution in [3.05, 3.63) is 66.2 Å². The summed E-state index contributed by atoms with van der Waals surface area (Å²) in [4.78, 5) is 14.7. The quantitative estimate of drug-likeness (QED) is 0.374. The molecule has 3 aliphatic rings. The lowest BCUT2D eigenvalue weighted by atomic mass is 9.98. The highest BCUT2D eigenvalue weighted by molar-refractivity contribution is 5.81. The molecule has 1 saturated heterocycles. The number of carbonyl (C=O) groups is 1. The first kappa shape index (κ1) is 26.9. The zero-order chi connectivity index (χ0) is 26.4. The predicted octanol–water partition coefficient (Wildman–Crippen LogP) is 4.29. The van der Waals surface area contributed by atoms with E-state index in [0.29, 0.717) is 13.2 Å².